The summed E-state index contributed by atoms with van der Waals surface area (Å²) in [4.78, 5) is 15.4. The SMILES string of the molecule is CC.CN1CC[C@H]1C(=O)N1CCC(F)(F)CC1. The maximum absolute atomic E-state index is 12.9. The monoisotopic (exact) mass is 248 g/mol. The Morgan fingerprint density at radius 3 is 2.06 bits per heavy atom. The second kappa shape index (κ2) is 5.76. The topological polar surface area (TPSA) is 23.6 Å². The fraction of sp³-hybridized carbons (Fsp3) is 0.917. The van der Waals surface area contributed by atoms with Crippen molar-refractivity contribution in [2.45, 2.75) is 45.1 Å². The Kier molecular flexibility index (Phi) is 4.86. The lowest BCUT2D eigenvalue weighted by Crippen LogP contribution is -2.57. The molecule has 2 aliphatic rings. The van der Waals surface area contributed by atoms with E-state index in [0.717, 1.165) is 13.0 Å². The number of likely N-dealkylation sites (tertiary alicyclic amines) is 2. The van der Waals surface area contributed by atoms with Gasteiger partial charge < -0.3 is 4.90 Å². The molecule has 1 atom stereocenters. The van der Waals surface area contributed by atoms with Gasteiger partial charge in [-0.2, -0.15) is 0 Å². The molecule has 0 saturated carbocycles. The van der Waals surface area contributed by atoms with Crippen molar-refractivity contribution in [3.05, 3.63) is 0 Å². The highest BCUT2D eigenvalue weighted by molar-refractivity contribution is 5.82. The molecule has 3 nitrogen and oxygen atoms in total. The summed E-state index contributed by atoms with van der Waals surface area (Å²) in [7, 11) is 1.89. The zero-order valence-electron chi connectivity index (χ0n) is 10.9. The molecule has 2 rings (SSSR count). The molecule has 2 aliphatic heterocycles. The number of amides is 1. The fourth-order valence-corrected chi connectivity index (χ4v) is 2.09. The van der Waals surface area contributed by atoms with Gasteiger partial charge in [0.25, 0.3) is 5.92 Å². The summed E-state index contributed by atoms with van der Waals surface area (Å²) >= 11 is 0. The molecule has 100 valence electrons. The minimum atomic E-state index is -2.57. The Morgan fingerprint density at radius 2 is 1.71 bits per heavy atom. The van der Waals surface area contributed by atoms with E-state index in [2.05, 4.69) is 0 Å². The van der Waals surface area contributed by atoms with E-state index >= 15 is 0 Å². The van der Waals surface area contributed by atoms with E-state index in [9.17, 15) is 13.6 Å². The van der Waals surface area contributed by atoms with Crippen LogP contribution in [0.5, 0.6) is 0 Å². The van der Waals surface area contributed by atoms with Crippen molar-refractivity contribution in [1.29, 1.82) is 0 Å². The summed E-state index contributed by atoms with van der Waals surface area (Å²) in [5.74, 6) is -2.54. The van der Waals surface area contributed by atoms with Crippen LogP contribution in [-0.4, -0.2) is 54.4 Å². The van der Waals surface area contributed by atoms with Gasteiger partial charge in [0, 0.05) is 32.5 Å². The van der Waals surface area contributed by atoms with Crippen molar-refractivity contribution < 1.29 is 13.6 Å². The Bertz CT molecular complexity index is 261. The summed E-state index contributed by atoms with van der Waals surface area (Å²) in [6.07, 6.45) is 0.493. The van der Waals surface area contributed by atoms with Crippen LogP contribution in [0, 0.1) is 0 Å². The van der Waals surface area contributed by atoms with Gasteiger partial charge in [-0.25, -0.2) is 8.78 Å². The predicted molar refractivity (Wildman–Crippen MR) is 63.1 cm³/mol. The lowest BCUT2D eigenvalue weighted by molar-refractivity contribution is -0.146. The smallest absolute Gasteiger partial charge is 0.251 e. The number of hydrogen-bond donors (Lipinski definition) is 0. The molecule has 0 radical (unpaired) electrons. The van der Waals surface area contributed by atoms with Gasteiger partial charge in [0.15, 0.2) is 0 Å². The summed E-state index contributed by atoms with van der Waals surface area (Å²) < 4.78 is 25.7. The van der Waals surface area contributed by atoms with Gasteiger partial charge >= 0.3 is 0 Å². The second-order valence-electron chi connectivity index (χ2n) is 4.47. The van der Waals surface area contributed by atoms with Crippen LogP contribution >= 0.6 is 0 Å². The Labute approximate surface area is 102 Å². The third kappa shape index (κ3) is 3.37. The van der Waals surface area contributed by atoms with Gasteiger partial charge in [-0.15, -0.1) is 0 Å². The molecule has 0 aliphatic carbocycles. The van der Waals surface area contributed by atoms with Crippen LogP contribution in [0.1, 0.15) is 33.1 Å². The van der Waals surface area contributed by atoms with E-state index in [-0.39, 0.29) is 37.9 Å². The van der Waals surface area contributed by atoms with Gasteiger partial charge in [-0.3, -0.25) is 9.69 Å². The van der Waals surface area contributed by atoms with Gasteiger partial charge in [-0.1, -0.05) is 13.8 Å². The van der Waals surface area contributed by atoms with Crippen LogP contribution < -0.4 is 0 Å². The van der Waals surface area contributed by atoms with Crippen molar-refractivity contribution in [2.75, 3.05) is 26.7 Å². The molecule has 0 bridgehead atoms. The van der Waals surface area contributed by atoms with E-state index in [4.69, 9.17) is 0 Å². The van der Waals surface area contributed by atoms with E-state index in [1.165, 1.54) is 0 Å². The van der Waals surface area contributed by atoms with E-state index < -0.39 is 5.92 Å². The number of alkyl halides is 2. The average Bonchev–Trinajstić information content (AvgIpc) is 2.29. The average molecular weight is 248 g/mol. The van der Waals surface area contributed by atoms with Crippen LogP contribution in [0.4, 0.5) is 8.78 Å². The first-order valence-corrected chi connectivity index (χ1v) is 6.36. The van der Waals surface area contributed by atoms with Crippen molar-refractivity contribution in [3.8, 4) is 0 Å². The molecule has 17 heavy (non-hydrogen) atoms. The molecule has 2 fully saturated rings. The van der Waals surface area contributed by atoms with Gasteiger partial charge in [0.1, 0.15) is 0 Å². The maximum Gasteiger partial charge on any atom is 0.251 e. The molecule has 0 aromatic rings. The third-order valence-corrected chi connectivity index (χ3v) is 3.38. The fourth-order valence-electron chi connectivity index (χ4n) is 2.09. The minimum absolute atomic E-state index is 0.0271. The van der Waals surface area contributed by atoms with Gasteiger partial charge in [0.05, 0.1) is 6.04 Å². The number of carbonyl (C=O) groups excluding carboxylic acids is 1. The van der Waals surface area contributed by atoms with E-state index in [1.54, 1.807) is 4.90 Å². The van der Waals surface area contributed by atoms with Crippen LogP contribution in [0.3, 0.4) is 0 Å². The normalized spacial score (nSPS) is 27.8. The zero-order valence-corrected chi connectivity index (χ0v) is 10.9. The molecule has 1 amide bonds. The van der Waals surface area contributed by atoms with Crippen LogP contribution in [0.25, 0.3) is 0 Å². The van der Waals surface area contributed by atoms with Gasteiger partial charge in [0.2, 0.25) is 5.91 Å². The third-order valence-electron chi connectivity index (χ3n) is 3.38. The van der Waals surface area contributed by atoms with Crippen molar-refractivity contribution in [3.63, 3.8) is 0 Å². The first kappa shape index (κ1) is 14.4. The van der Waals surface area contributed by atoms with Crippen LogP contribution in [-0.2, 0) is 4.79 Å². The number of rotatable bonds is 1. The Morgan fingerprint density at radius 1 is 1.18 bits per heavy atom. The molecule has 2 saturated heterocycles. The number of piperidine rings is 1. The molecule has 0 aromatic carbocycles. The highest BCUT2D eigenvalue weighted by atomic mass is 19.3. The predicted octanol–water partition coefficient (Wildman–Crippen LogP) is 1.97. The second-order valence-corrected chi connectivity index (χ2v) is 4.47. The van der Waals surface area contributed by atoms with Crippen LogP contribution in [0.15, 0.2) is 0 Å². The molecule has 2 heterocycles. The number of likely N-dealkylation sites (N-methyl/N-ethyl adjacent to an activating group) is 1. The Balaban J connectivity index is 0.000000686. The standard InChI is InChI=1S/C10H16F2N2O.C2H6/c1-13-5-2-8(13)9(15)14-6-3-10(11,12)4-7-14;1-2/h8H,2-7H2,1H3;1-2H3/t8-;/m0./s1. The summed E-state index contributed by atoms with van der Waals surface area (Å²) in [5, 5.41) is 0. The van der Waals surface area contributed by atoms with Gasteiger partial charge in [-0.05, 0) is 13.5 Å². The number of carbonyl (C=O) groups is 1. The molecule has 0 N–H and O–H groups in total. The van der Waals surface area contributed by atoms with E-state index in [0.29, 0.717) is 0 Å². The highest BCUT2D eigenvalue weighted by Crippen LogP contribution is 2.29. The lowest BCUT2D eigenvalue weighted by Gasteiger charge is -2.41. The molecular formula is C12H22F2N2O. The molecule has 5 heteroatoms. The van der Waals surface area contributed by atoms with Crippen molar-refractivity contribution in [1.82, 2.24) is 9.80 Å². The first-order chi connectivity index (χ1) is 7.99. The lowest BCUT2D eigenvalue weighted by atomic mass is 10.0. The maximum atomic E-state index is 12.9. The molecule has 0 unspecified atom stereocenters. The summed E-state index contributed by atoms with van der Waals surface area (Å²) in [6, 6.07) is -0.0586. The summed E-state index contributed by atoms with van der Waals surface area (Å²) in [5.41, 5.74) is 0. The number of halogens is 2. The first-order valence-electron chi connectivity index (χ1n) is 6.36. The number of hydrogen-bond acceptors (Lipinski definition) is 2. The van der Waals surface area contributed by atoms with Crippen LogP contribution in [0.2, 0.25) is 0 Å². The zero-order chi connectivity index (χ0) is 13.1. The largest absolute Gasteiger partial charge is 0.341 e. The molecule has 0 spiro atoms. The highest BCUT2D eigenvalue weighted by Gasteiger charge is 2.39. The quantitative estimate of drug-likeness (QED) is 0.708. The molecular weight excluding hydrogens is 226 g/mol. The summed E-state index contributed by atoms with van der Waals surface area (Å²) in [6.45, 7) is 5.34. The van der Waals surface area contributed by atoms with Crippen molar-refractivity contribution >= 4 is 5.91 Å². The molecule has 0 aromatic heterocycles. The van der Waals surface area contributed by atoms with Crippen molar-refractivity contribution in [2.24, 2.45) is 0 Å². The Hall–Kier alpha value is -0.710. The van der Waals surface area contributed by atoms with E-state index in [1.807, 2.05) is 25.8 Å². The number of nitrogens with zero attached hydrogens (tertiary/aromatic N) is 2. The minimum Gasteiger partial charge on any atom is -0.341 e.